The Hall–Kier alpha value is -1.43. The highest BCUT2D eigenvalue weighted by Gasteiger charge is 2.09. The van der Waals surface area contributed by atoms with E-state index < -0.39 is 0 Å². The van der Waals surface area contributed by atoms with Crippen molar-refractivity contribution in [2.45, 2.75) is 0 Å². The molecule has 2 rings (SSSR count). The summed E-state index contributed by atoms with van der Waals surface area (Å²) in [6, 6.07) is 0. The van der Waals surface area contributed by atoms with Crippen molar-refractivity contribution in [1.82, 2.24) is 9.38 Å². The Kier molecular flexibility index (Phi) is 1.02. The van der Waals surface area contributed by atoms with E-state index in [1.54, 1.807) is 9.78 Å². The Morgan fingerprint density at radius 2 is 2.09 bits per heavy atom. The Labute approximate surface area is 66.4 Å². The highest BCUT2D eigenvalue weighted by Crippen LogP contribution is 2.26. The summed E-state index contributed by atoms with van der Waals surface area (Å²) in [6.07, 6.45) is 0. The maximum Gasteiger partial charge on any atom is 0.209 e. The molecule has 11 heavy (non-hydrogen) atoms. The molecule has 0 atom stereocenters. The van der Waals surface area contributed by atoms with Crippen LogP contribution >= 0.6 is 11.3 Å². The fraction of sp³-hybridized carbons (Fsp3) is 0. The molecule has 0 spiro atoms. The number of hydrogen-bond acceptors (Lipinski definition) is 5. The van der Waals surface area contributed by atoms with Crippen molar-refractivity contribution in [2.75, 3.05) is 17.2 Å². The van der Waals surface area contributed by atoms with E-state index in [1.807, 2.05) is 0 Å². The minimum atomic E-state index is 0.344. The van der Waals surface area contributed by atoms with Gasteiger partial charge in [-0.3, -0.25) is 4.40 Å². The van der Waals surface area contributed by atoms with Crippen molar-refractivity contribution in [3.05, 3.63) is 5.38 Å². The summed E-state index contributed by atoms with van der Waals surface area (Å²) in [5.74, 6) is 1.35. The monoisotopic (exact) mass is 169 g/mol. The van der Waals surface area contributed by atoms with Gasteiger partial charge in [0.15, 0.2) is 5.82 Å². The van der Waals surface area contributed by atoms with Gasteiger partial charge in [0.05, 0.1) is 0 Å². The van der Waals surface area contributed by atoms with Crippen LogP contribution in [-0.4, -0.2) is 9.38 Å². The summed E-state index contributed by atoms with van der Waals surface area (Å²) in [4.78, 5) is 4.67. The molecule has 0 unspecified atom stereocenters. The molecule has 6 heteroatoms. The first-order valence-corrected chi connectivity index (χ1v) is 3.84. The van der Waals surface area contributed by atoms with Gasteiger partial charge in [-0.25, -0.2) is 0 Å². The van der Waals surface area contributed by atoms with Gasteiger partial charge in [-0.2, -0.15) is 4.98 Å². The Balaban J connectivity index is 2.98. The third kappa shape index (κ3) is 0.666. The van der Waals surface area contributed by atoms with E-state index >= 15 is 0 Å². The number of nitrogen functional groups attached to an aromatic ring is 3. The summed E-state index contributed by atoms with van der Waals surface area (Å²) in [5, 5.41) is 1.78. The van der Waals surface area contributed by atoms with Gasteiger partial charge in [-0.15, -0.1) is 11.3 Å². The molecule has 0 saturated carbocycles. The van der Waals surface area contributed by atoms with E-state index in [0.717, 1.165) is 4.83 Å². The second-order valence-electron chi connectivity index (χ2n) is 2.16. The third-order valence-corrected chi connectivity index (χ3v) is 2.41. The van der Waals surface area contributed by atoms with Crippen LogP contribution < -0.4 is 17.2 Å². The van der Waals surface area contributed by atoms with E-state index in [0.29, 0.717) is 17.6 Å². The molecule has 6 N–H and O–H groups in total. The Morgan fingerprint density at radius 3 is 2.73 bits per heavy atom. The van der Waals surface area contributed by atoms with E-state index in [9.17, 15) is 0 Å². The van der Waals surface area contributed by atoms with Crippen molar-refractivity contribution in [3.63, 3.8) is 0 Å². The number of hydrogen-bond donors (Lipinski definition) is 3. The van der Waals surface area contributed by atoms with Crippen LogP contribution in [-0.2, 0) is 0 Å². The summed E-state index contributed by atoms with van der Waals surface area (Å²) >= 11 is 1.43. The molecule has 0 aliphatic rings. The lowest BCUT2D eigenvalue weighted by molar-refractivity contribution is 1.21. The van der Waals surface area contributed by atoms with Crippen molar-refractivity contribution < 1.29 is 0 Å². The lowest BCUT2D eigenvalue weighted by Crippen LogP contribution is -1.96. The van der Waals surface area contributed by atoms with Gasteiger partial charge in [0, 0.05) is 5.38 Å². The first kappa shape index (κ1) is 6.29. The fourth-order valence-corrected chi connectivity index (χ4v) is 1.78. The van der Waals surface area contributed by atoms with Crippen LogP contribution in [0.2, 0.25) is 0 Å². The average molecular weight is 169 g/mol. The normalized spacial score (nSPS) is 10.9. The molecule has 0 radical (unpaired) electrons. The minimum Gasteiger partial charge on any atom is -0.384 e. The van der Waals surface area contributed by atoms with Crippen LogP contribution in [0.15, 0.2) is 5.38 Å². The van der Waals surface area contributed by atoms with Crippen LogP contribution in [0.5, 0.6) is 0 Å². The van der Waals surface area contributed by atoms with Crippen LogP contribution in [0.1, 0.15) is 0 Å². The summed E-state index contributed by atoms with van der Waals surface area (Å²) in [6.45, 7) is 0. The van der Waals surface area contributed by atoms with Crippen molar-refractivity contribution in [3.8, 4) is 0 Å². The quantitative estimate of drug-likeness (QED) is 0.522. The van der Waals surface area contributed by atoms with E-state index in [2.05, 4.69) is 4.98 Å². The molecular formula is C5H7N5S. The highest BCUT2D eigenvalue weighted by molar-refractivity contribution is 7.16. The van der Waals surface area contributed by atoms with Crippen molar-refractivity contribution in [2.24, 2.45) is 0 Å². The number of aromatic nitrogens is 2. The first-order chi connectivity index (χ1) is 5.20. The van der Waals surface area contributed by atoms with Crippen LogP contribution in [0, 0.1) is 0 Å². The van der Waals surface area contributed by atoms with Crippen molar-refractivity contribution in [1.29, 1.82) is 0 Å². The molecule has 0 saturated heterocycles. The number of rotatable bonds is 0. The van der Waals surface area contributed by atoms with Crippen LogP contribution in [0.4, 0.5) is 17.6 Å². The number of thiazole rings is 1. The second kappa shape index (κ2) is 1.79. The molecule has 0 aliphatic carbocycles. The Morgan fingerprint density at radius 1 is 1.36 bits per heavy atom. The maximum absolute atomic E-state index is 5.59. The highest BCUT2D eigenvalue weighted by atomic mass is 32.1. The molecule has 2 aromatic heterocycles. The third-order valence-electron chi connectivity index (χ3n) is 1.44. The topological polar surface area (TPSA) is 95.4 Å². The van der Waals surface area contributed by atoms with E-state index in [-0.39, 0.29) is 0 Å². The number of fused-ring (bicyclic) bond motifs is 1. The zero-order valence-electron chi connectivity index (χ0n) is 5.61. The lowest BCUT2D eigenvalue weighted by Gasteiger charge is -1.89. The average Bonchev–Trinajstić information content (AvgIpc) is 2.41. The van der Waals surface area contributed by atoms with Gasteiger partial charge >= 0.3 is 0 Å². The molecule has 0 bridgehead atoms. The molecular weight excluding hydrogens is 162 g/mol. The molecule has 58 valence electrons. The van der Waals surface area contributed by atoms with Gasteiger partial charge in [0.25, 0.3) is 0 Å². The van der Waals surface area contributed by atoms with Gasteiger partial charge in [0.2, 0.25) is 5.95 Å². The zero-order valence-corrected chi connectivity index (χ0v) is 6.43. The zero-order chi connectivity index (χ0) is 8.01. The van der Waals surface area contributed by atoms with E-state index in [1.165, 1.54) is 11.3 Å². The van der Waals surface area contributed by atoms with Gasteiger partial charge in [0.1, 0.15) is 10.6 Å². The molecule has 0 aliphatic heterocycles. The largest absolute Gasteiger partial charge is 0.384 e. The van der Waals surface area contributed by atoms with E-state index in [4.69, 9.17) is 17.2 Å². The predicted molar refractivity (Wildman–Crippen MR) is 46.3 cm³/mol. The number of imidazole rings is 1. The van der Waals surface area contributed by atoms with Crippen molar-refractivity contribution >= 4 is 33.8 Å². The SMILES string of the molecule is Nc1nc(N)n2c(N)csc12. The molecule has 0 amide bonds. The maximum atomic E-state index is 5.59. The molecule has 0 aromatic carbocycles. The summed E-state index contributed by atoms with van der Waals surface area (Å²) < 4.78 is 1.62. The van der Waals surface area contributed by atoms with Gasteiger partial charge in [-0.1, -0.05) is 0 Å². The molecule has 0 fully saturated rings. The molecule has 2 aromatic rings. The predicted octanol–water partition coefficient (Wildman–Crippen LogP) is 0.142. The standard InChI is InChI=1S/C5H7N5S/c6-2-1-11-4-3(7)9-5(8)10(2)4/h1H,6-7H2,(H2,8,9). The molecule has 5 nitrogen and oxygen atoms in total. The summed E-state index contributed by atoms with van der Waals surface area (Å²) in [7, 11) is 0. The Bertz CT molecular complexity index is 400. The molecule has 2 heterocycles. The first-order valence-electron chi connectivity index (χ1n) is 2.96. The number of anilines is 3. The lowest BCUT2D eigenvalue weighted by atomic mass is 10.7. The van der Waals surface area contributed by atoms with Crippen LogP contribution in [0.25, 0.3) is 4.83 Å². The van der Waals surface area contributed by atoms with Gasteiger partial charge < -0.3 is 17.2 Å². The van der Waals surface area contributed by atoms with Gasteiger partial charge in [-0.05, 0) is 0 Å². The van der Waals surface area contributed by atoms with Crippen LogP contribution in [0.3, 0.4) is 0 Å². The number of nitrogens with zero attached hydrogens (tertiary/aromatic N) is 2. The number of nitrogens with two attached hydrogens (primary N) is 3. The minimum absolute atomic E-state index is 0.344. The second-order valence-corrected chi connectivity index (χ2v) is 3.01. The smallest absolute Gasteiger partial charge is 0.209 e. The fourth-order valence-electron chi connectivity index (χ4n) is 0.971. The summed E-state index contributed by atoms with van der Waals surface area (Å²) in [5.41, 5.74) is 16.6.